The second kappa shape index (κ2) is 4.84. The van der Waals surface area contributed by atoms with Crippen molar-refractivity contribution in [3.05, 3.63) is 65.0 Å². The van der Waals surface area contributed by atoms with E-state index in [0.29, 0.717) is 0 Å². The van der Waals surface area contributed by atoms with Gasteiger partial charge in [-0.2, -0.15) is 13.2 Å². The second-order valence-electron chi connectivity index (χ2n) is 4.16. The number of benzene rings is 1. The number of alkyl halides is 3. The lowest BCUT2D eigenvalue weighted by molar-refractivity contribution is -0.137. The van der Waals surface area contributed by atoms with Gasteiger partial charge in [0.1, 0.15) is 0 Å². The molecule has 0 radical (unpaired) electrons. The Balaban J connectivity index is 2.40. The normalized spacial score (nSPS) is 11.4. The van der Waals surface area contributed by atoms with Crippen LogP contribution in [0.15, 0.2) is 42.7 Å². The largest absolute Gasteiger partial charge is 0.416 e. The van der Waals surface area contributed by atoms with Gasteiger partial charge in [0, 0.05) is 23.5 Å². The zero-order valence-corrected chi connectivity index (χ0v) is 10.0. The molecule has 0 unspecified atom stereocenters. The SMILES string of the molecule is Cc1cncc(C(=O)c2cccc(C(F)(F)F)c2)c1. The lowest BCUT2D eigenvalue weighted by atomic mass is 10.0. The number of halogens is 3. The molecule has 0 atom stereocenters. The number of aryl methyl sites for hydroxylation is 1. The van der Waals surface area contributed by atoms with E-state index < -0.39 is 17.5 Å². The molecule has 1 heterocycles. The predicted molar refractivity (Wildman–Crippen MR) is 63.9 cm³/mol. The van der Waals surface area contributed by atoms with Crippen molar-refractivity contribution >= 4 is 5.78 Å². The highest BCUT2D eigenvalue weighted by atomic mass is 19.4. The maximum atomic E-state index is 12.6. The van der Waals surface area contributed by atoms with E-state index >= 15 is 0 Å². The zero-order chi connectivity index (χ0) is 14.0. The first-order valence-corrected chi connectivity index (χ1v) is 5.51. The number of hydrogen-bond acceptors (Lipinski definition) is 2. The van der Waals surface area contributed by atoms with E-state index in [-0.39, 0.29) is 11.1 Å². The van der Waals surface area contributed by atoms with Crippen molar-refractivity contribution in [1.82, 2.24) is 4.98 Å². The molecule has 98 valence electrons. The molecule has 0 fully saturated rings. The first-order valence-electron chi connectivity index (χ1n) is 5.51. The van der Waals surface area contributed by atoms with E-state index in [2.05, 4.69) is 4.98 Å². The van der Waals surface area contributed by atoms with Gasteiger partial charge in [0.2, 0.25) is 0 Å². The van der Waals surface area contributed by atoms with Crippen LogP contribution in [0.5, 0.6) is 0 Å². The van der Waals surface area contributed by atoms with E-state index in [0.717, 1.165) is 17.7 Å². The minimum Gasteiger partial charge on any atom is -0.289 e. The first-order chi connectivity index (χ1) is 8.88. The Bertz CT molecular complexity index is 620. The highest BCUT2D eigenvalue weighted by Crippen LogP contribution is 2.29. The Morgan fingerprint density at radius 3 is 2.47 bits per heavy atom. The van der Waals surface area contributed by atoms with Gasteiger partial charge in [-0.25, -0.2) is 0 Å². The van der Waals surface area contributed by atoms with Gasteiger partial charge in [-0.15, -0.1) is 0 Å². The molecular weight excluding hydrogens is 255 g/mol. The van der Waals surface area contributed by atoms with E-state index in [9.17, 15) is 18.0 Å². The quantitative estimate of drug-likeness (QED) is 0.776. The molecular formula is C14H10F3NO. The van der Waals surface area contributed by atoms with Crippen LogP contribution in [0.25, 0.3) is 0 Å². The van der Waals surface area contributed by atoms with Crippen molar-refractivity contribution < 1.29 is 18.0 Å². The lowest BCUT2D eigenvalue weighted by Crippen LogP contribution is -2.08. The van der Waals surface area contributed by atoms with Crippen molar-refractivity contribution in [3.8, 4) is 0 Å². The van der Waals surface area contributed by atoms with Gasteiger partial charge in [-0.3, -0.25) is 9.78 Å². The number of aromatic nitrogens is 1. The lowest BCUT2D eigenvalue weighted by Gasteiger charge is -2.08. The zero-order valence-electron chi connectivity index (χ0n) is 10.0. The number of carbonyl (C=O) groups is 1. The summed E-state index contributed by atoms with van der Waals surface area (Å²) in [6.07, 6.45) is -1.54. The Kier molecular flexibility index (Phi) is 3.38. The van der Waals surface area contributed by atoms with Crippen molar-refractivity contribution in [2.75, 3.05) is 0 Å². The van der Waals surface area contributed by atoms with Crippen molar-refractivity contribution in [2.45, 2.75) is 13.1 Å². The van der Waals surface area contributed by atoms with Crippen LogP contribution in [-0.4, -0.2) is 10.8 Å². The molecule has 5 heteroatoms. The summed E-state index contributed by atoms with van der Waals surface area (Å²) in [5, 5.41) is 0. The molecule has 2 aromatic rings. The number of rotatable bonds is 2. The van der Waals surface area contributed by atoms with Crippen molar-refractivity contribution in [2.24, 2.45) is 0 Å². The fraction of sp³-hybridized carbons (Fsp3) is 0.143. The van der Waals surface area contributed by atoms with Crippen LogP contribution in [-0.2, 0) is 6.18 Å². The van der Waals surface area contributed by atoms with Gasteiger partial charge in [0.05, 0.1) is 5.56 Å². The van der Waals surface area contributed by atoms with Crippen molar-refractivity contribution in [1.29, 1.82) is 0 Å². The molecule has 2 rings (SSSR count). The summed E-state index contributed by atoms with van der Waals surface area (Å²) in [7, 11) is 0. The monoisotopic (exact) mass is 265 g/mol. The third kappa shape index (κ3) is 2.99. The third-order valence-electron chi connectivity index (χ3n) is 2.59. The van der Waals surface area contributed by atoms with Crippen LogP contribution in [0.3, 0.4) is 0 Å². The number of ketones is 1. The molecule has 0 N–H and O–H groups in total. The van der Waals surface area contributed by atoms with E-state index in [1.165, 1.54) is 18.3 Å². The number of hydrogen-bond donors (Lipinski definition) is 0. The maximum absolute atomic E-state index is 12.6. The van der Waals surface area contributed by atoms with E-state index in [4.69, 9.17) is 0 Å². The Morgan fingerprint density at radius 1 is 1.11 bits per heavy atom. The molecule has 2 nitrogen and oxygen atoms in total. The van der Waals surface area contributed by atoms with Crippen LogP contribution in [0, 0.1) is 6.92 Å². The van der Waals surface area contributed by atoms with E-state index in [1.54, 1.807) is 19.2 Å². The van der Waals surface area contributed by atoms with E-state index in [1.807, 2.05) is 0 Å². The van der Waals surface area contributed by atoms with Gasteiger partial charge in [-0.1, -0.05) is 12.1 Å². The fourth-order valence-corrected chi connectivity index (χ4v) is 1.68. The second-order valence-corrected chi connectivity index (χ2v) is 4.16. The smallest absolute Gasteiger partial charge is 0.289 e. The van der Waals surface area contributed by atoms with Crippen LogP contribution in [0.2, 0.25) is 0 Å². The third-order valence-corrected chi connectivity index (χ3v) is 2.59. The molecule has 0 amide bonds. The Hall–Kier alpha value is -2.17. The number of nitrogens with zero attached hydrogens (tertiary/aromatic N) is 1. The average Bonchev–Trinajstić information content (AvgIpc) is 2.37. The summed E-state index contributed by atoms with van der Waals surface area (Å²) in [5.74, 6) is -0.470. The minimum atomic E-state index is -4.46. The van der Waals surface area contributed by atoms with Gasteiger partial charge in [0.15, 0.2) is 5.78 Å². The standard InChI is InChI=1S/C14H10F3NO/c1-9-5-11(8-18-7-9)13(19)10-3-2-4-12(6-10)14(15,16)17/h2-8H,1H3. The van der Waals surface area contributed by atoms with Gasteiger partial charge < -0.3 is 0 Å². The summed E-state index contributed by atoms with van der Waals surface area (Å²) in [6, 6.07) is 5.96. The first kappa shape index (κ1) is 13.3. The molecule has 0 saturated carbocycles. The Morgan fingerprint density at radius 2 is 1.84 bits per heavy atom. The fourth-order valence-electron chi connectivity index (χ4n) is 1.68. The number of pyridine rings is 1. The topological polar surface area (TPSA) is 30.0 Å². The summed E-state index contributed by atoms with van der Waals surface area (Å²) in [6.45, 7) is 1.76. The number of carbonyl (C=O) groups excluding carboxylic acids is 1. The predicted octanol–water partition coefficient (Wildman–Crippen LogP) is 3.64. The summed E-state index contributed by atoms with van der Waals surface area (Å²) < 4.78 is 37.7. The molecule has 0 bridgehead atoms. The molecule has 1 aromatic carbocycles. The highest BCUT2D eigenvalue weighted by Gasteiger charge is 2.30. The van der Waals surface area contributed by atoms with Crippen molar-refractivity contribution in [3.63, 3.8) is 0 Å². The van der Waals surface area contributed by atoms with Crippen LogP contribution >= 0.6 is 0 Å². The summed E-state index contributed by atoms with van der Waals surface area (Å²) in [5.41, 5.74) is 0.221. The molecule has 0 saturated heterocycles. The maximum Gasteiger partial charge on any atom is 0.416 e. The highest BCUT2D eigenvalue weighted by molar-refractivity contribution is 6.08. The summed E-state index contributed by atoms with van der Waals surface area (Å²) >= 11 is 0. The molecule has 1 aromatic heterocycles. The molecule has 0 aliphatic rings. The van der Waals surface area contributed by atoms with Crippen LogP contribution in [0.4, 0.5) is 13.2 Å². The van der Waals surface area contributed by atoms with Gasteiger partial charge in [0.25, 0.3) is 0 Å². The minimum absolute atomic E-state index is 0.00206. The summed E-state index contributed by atoms with van der Waals surface area (Å²) in [4.78, 5) is 15.9. The van der Waals surface area contributed by atoms with Crippen LogP contribution < -0.4 is 0 Å². The molecule has 0 aliphatic carbocycles. The average molecular weight is 265 g/mol. The molecule has 0 spiro atoms. The van der Waals surface area contributed by atoms with Crippen LogP contribution in [0.1, 0.15) is 27.0 Å². The Labute approximate surface area is 107 Å². The van der Waals surface area contributed by atoms with Gasteiger partial charge in [-0.05, 0) is 30.7 Å². The molecule has 19 heavy (non-hydrogen) atoms. The molecule has 0 aliphatic heterocycles. The van der Waals surface area contributed by atoms with Gasteiger partial charge >= 0.3 is 6.18 Å².